The molecule has 36 heavy (non-hydrogen) atoms. The van der Waals surface area contributed by atoms with Crippen molar-refractivity contribution >= 4 is 28.8 Å². The van der Waals surface area contributed by atoms with Gasteiger partial charge < -0.3 is 30.5 Å². The number of aromatic nitrogens is 2. The van der Waals surface area contributed by atoms with Gasteiger partial charge in [-0.05, 0) is 58.9 Å². The molecule has 1 unspecified atom stereocenters. The van der Waals surface area contributed by atoms with E-state index in [1.807, 2.05) is 6.92 Å². The van der Waals surface area contributed by atoms with E-state index in [1.165, 1.54) is 6.92 Å². The number of nitrogens with zero attached hydrogens (tertiary/aromatic N) is 3. The van der Waals surface area contributed by atoms with E-state index in [9.17, 15) is 9.90 Å². The number of benzene rings is 1. The van der Waals surface area contributed by atoms with Crippen LogP contribution in [-0.4, -0.2) is 73.5 Å². The summed E-state index contributed by atoms with van der Waals surface area (Å²) in [7, 11) is 3.47. The second kappa shape index (κ2) is 12.5. The molecule has 0 bridgehead atoms. The van der Waals surface area contributed by atoms with Crippen molar-refractivity contribution in [2.45, 2.75) is 45.8 Å². The number of allylic oxidation sites excluding steroid dienone is 2. The molecule has 2 heterocycles. The number of anilines is 1. The summed E-state index contributed by atoms with van der Waals surface area (Å²) in [6.07, 6.45) is 1.36. The molecule has 0 aliphatic carbocycles. The first-order valence-corrected chi connectivity index (χ1v) is 12.4. The first-order chi connectivity index (χ1) is 17.2. The highest BCUT2D eigenvalue weighted by atomic mass is 35.5. The molecule has 3 rings (SSSR count). The third-order valence-electron chi connectivity index (χ3n) is 6.18. The Bertz CT molecular complexity index is 1120. The van der Waals surface area contributed by atoms with Crippen LogP contribution in [0.25, 0.3) is 17.0 Å². The van der Waals surface area contributed by atoms with Gasteiger partial charge in [-0.25, -0.2) is 9.97 Å². The monoisotopic (exact) mass is 517 g/mol. The molecule has 1 aromatic heterocycles. The van der Waals surface area contributed by atoms with Crippen LogP contribution in [0.1, 0.15) is 37.9 Å². The maximum absolute atomic E-state index is 12.6. The lowest BCUT2D eigenvalue weighted by Gasteiger charge is -2.34. The van der Waals surface area contributed by atoms with E-state index in [1.54, 1.807) is 39.3 Å². The predicted octanol–water partition coefficient (Wildman–Crippen LogP) is 2.96. The summed E-state index contributed by atoms with van der Waals surface area (Å²) in [5, 5.41) is 13.3. The van der Waals surface area contributed by atoms with Crippen LogP contribution < -0.4 is 20.7 Å². The molecule has 1 aromatic carbocycles. The van der Waals surface area contributed by atoms with Crippen molar-refractivity contribution in [1.82, 2.24) is 15.3 Å². The average Bonchev–Trinajstić information content (AvgIpc) is 2.84. The maximum atomic E-state index is 12.6. The summed E-state index contributed by atoms with van der Waals surface area (Å²) in [6, 6.07) is 5.18. The van der Waals surface area contributed by atoms with Crippen molar-refractivity contribution in [3.8, 4) is 17.1 Å². The number of rotatable bonds is 10. The fourth-order valence-corrected chi connectivity index (χ4v) is 4.59. The van der Waals surface area contributed by atoms with E-state index in [-0.39, 0.29) is 18.5 Å². The van der Waals surface area contributed by atoms with Gasteiger partial charge in [0.15, 0.2) is 11.6 Å². The largest absolute Gasteiger partial charge is 0.491 e. The van der Waals surface area contributed by atoms with E-state index in [0.29, 0.717) is 58.0 Å². The second-order valence-electron chi connectivity index (χ2n) is 9.07. The number of aliphatic hydroxyl groups excluding tert-OH is 1. The first kappa shape index (κ1) is 27.9. The summed E-state index contributed by atoms with van der Waals surface area (Å²) in [5.74, 6) is 1.41. The van der Waals surface area contributed by atoms with Gasteiger partial charge >= 0.3 is 0 Å². The number of ketones is 1. The first-order valence-electron chi connectivity index (χ1n) is 12.1. The van der Waals surface area contributed by atoms with Crippen LogP contribution in [0.3, 0.4) is 0 Å². The number of carbonyl (C=O) groups excluding carboxylic acids is 1. The zero-order chi connectivity index (χ0) is 26.4. The van der Waals surface area contributed by atoms with Crippen molar-refractivity contribution in [3.63, 3.8) is 0 Å². The third-order valence-corrected chi connectivity index (χ3v) is 6.50. The lowest BCUT2D eigenvalue weighted by Crippen LogP contribution is -2.40. The number of aliphatic hydroxyl groups is 1. The Labute approximate surface area is 217 Å². The lowest BCUT2D eigenvalue weighted by atomic mass is 10.0. The van der Waals surface area contributed by atoms with Crippen molar-refractivity contribution in [3.05, 3.63) is 40.2 Å². The van der Waals surface area contributed by atoms with Gasteiger partial charge in [0.2, 0.25) is 0 Å². The zero-order valence-corrected chi connectivity index (χ0v) is 22.4. The molecule has 1 fully saturated rings. The van der Waals surface area contributed by atoms with Gasteiger partial charge in [0.05, 0.1) is 22.4 Å². The Balaban J connectivity index is 2.13. The maximum Gasteiger partial charge on any atom is 0.163 e. The Kier molecular flexibility index (Phi) is 9.67. The summed E-state index contributed by atoms with van der Waals surface area (Å²) in [6.45, 7) is 7.07. The Morgan fingerprint density at radius 2 is 2.11 bits per heavy atom. The fraction of sp³-hybridized carbons (Fsp3) is 0.500. The number of ether oxygens (including phenoxy) is 2. The summed E-state index contributed by atoms with van der Waals surface area (Å²) >= 11 is 6.59. The number of nitrogens with one attached hydrogen (secondary N) is 1. The number of carbonyl (C=O) groups is 1. The third kappa shape index (κ3) is 6.53. The molecule has 9 nitrogen and oxygen atoms in total. The normalized spacial score (nSPS) is 17.5. The van der Waals surface area contributed by atoms with E-state index in [0.717, 1.165) is 24.9 Å². The van der Waals surface area contributed by atoms with Crippen LogP contribution in [0.5, 0.6) is 5.75 Å². The second-order valence-corrected chi connectivity index (χ2v) is 9.48. The molecule has 1 aliphatic heterocycles. The quantitative estimate of drug-likeness (QED) is 0.408. The smallest absolute Gasteiger partial charge is 0.163 e. The highest BCUT2D eigenvalue weighted by molar-refractivity contribution is 6.33. The van der Waals surface area contributed by atoms with Gasteiger partial charge in [-0.1, -0.05) is 11.6 Å². The minimum Gasteiger partial charge on any atom is -0.491 e. The number of hydrogen-bond donors (Lipinski definition) is 3. The molecule has 0 saturated carbocycles. The zero-order valence-electron chi connectivity index (χ0n) is 21.6. The Morgan fingerprint density at radius 1 is 1.36 bits per heavy atom. The van der Waals surface area contributed by atoms with Gasteiger partial charge in [0.25, 0.3) is 0 Å². The molecule has 0 spiro atoms. The van der Waals surface area contributed by atoms with Gasteiger partial charge in [-0.15, -0.1) is 0 Å². The van der Waals surface area contributed by atoms with Gasteiger partial charge in [0, 0.05) is 43.6 Å². The molecule has 2 atom stereocenters. The van der Waals surface area contributed by atoms with Crippen LogP contribution in [0.15, 0.2) is 23.9 Å². The molecule has 1 saturated heterocycles. The molecular formula is C26H36ClN5O4. The average molecular weight is 518 g/mol. The van der Waals surface area contributed by atoms with Crippen molar-refractivity contribution in [2.75, 3.05) is 45.3 Å². The van der Waals surface area contributed by atoms with E-state index >= 15 is 0 Å². The number of likely N-dealkylation sites (N-methyl/N-ethyl adjacent to an activating group) is 1. The number of hydrogen-bond acceptors (Lipinski definition) is 9. The van der Waals surface area contributed by atoms with Crippen LogP contribution in [0, 0.1) is 6.92 Å². The molecule has 0 amide bonds. The SMILES string of the molecule is CNC[C@@H](O)COc1ccc(Cl)c(-c2nc(C(C(C)=O)=C(C)N)c(C)c(N3CCCC(OC)C3)n2)c1. The minimum absolute atomic E-state index is 0.0865. The Morgan fingerprint density at radius 3 is 2.75 bits per heavy atom. The molecule has 10 heteroatoms. The highest BCUT2D eigenvalue weighted by Crippen LogP contribution is 2.35. The van der Waals surface area contributed by atoms with Crippen LogP contribution in [0.2, 0.25) is 5.02 Å². The Hall–Kier alpha value is -2.72. The molecule has 4 N–H and O–H groups in total. The van der Waals surface area contributed by atoms with E-state index in [4.69, 9.17) is 36.8 Å². The highest BCUT2D eigenvalue weighted by Gasteiger charge is 2.27. The summed E-state index contributed by atoms with van der Waals surface area (Å²) in [5.41, 5.74) is 8.68. The summed E-state index contributed by atoms with van der Waals surface area (Å²) in [4.78, 5) is 24.4. The summed E-state index contributed by atoms with van der Waals surface area (Å²) < 4.78 is 11.4. The van der Waals surface area contributed by atoms with Crippen molar-refractivity contribution in [1.29, 1.82) is 0 Å². The minimum atomic E-state index is -0.661. The molecule has 2 aromatic rings. The van der Waals surface area contributed by atoms with Crippen molar-refractivity contribution < 1.29 is 19.4 Å². The fourth-order valence-electron chi connectivity index (χ4n) is 4.38. The van der Waals surface area contributed by atoms with Crippen LogP contribution in [-0.2, 0) is 9.53 Å². The van der Waals surface area contributed by atoms with Gasteiger partial charge in [0.1, 0.15) is 24.3 Å². The van der Waals surface area contributed by atoms with Crippen LogP contribution in [0.4, 0.5) is 5.82 Å². The molecule has 0 radical (unpaired) electrons. The van der Waals surface area contributed by atoms with Gasteiger partial charge in [-0.2, -0.15) is 0 Å². The van der Waals surface area contributed by atoms with Gasteiger partial charge in [-0.3, -0.25) is 4.79 Å². The number of Topliss-reactive ketones (excluding diaryl/α,β-unsaturated/α-hetero) is 1. The van der Waals surface area contributed by atoms with Crippen molar-refractivity contribution in [2.24, 2.45) is 5.73 Å². The number of methoxy groups -OCH3 is 1. The lowest BCUT2D eigenvalue weighted by molar-refractivity contribution is -0.111. The molecule has 196 valence electrons. The van der Waals surface area contributed by atoms with E-state index < -0.39 is 6.10 Å². The molecule has 1 aliphatic rings. The van der Waals surface area contributed by atoms with Crippen LogP contribution >= 0.6 is 11.6 Å². The standard InChI is InChI=1S/C26H36ClN5O4/c1-15-24(23(16(2)28)17(3)33)30-25(31-26(15)32-10-6-7-20(13-32)35-5)21-11-19(8-9-22(21)27)36-14-18(34)12-29-4/h8-9,11,18,20,29,34H,6-7,10,12-14,28H2,1-5H3/t18-,20?/m1/s1. The van der Waals surface area contributed by atoms with E-state index in [2.05, 4.69) is 10.2 Å². The topological polar surface area (TPSA) is 123 Å². The predicted molar refractivity (Wildman–Crippen MR) is 142 cm³/mol. The number of piperidine rings is 1. The molecular weight excluding hydrogens is 482 g/mol. The number of nitrogens with two attached hydrogens (primary N) is 1. The number of halogens is 1.